The van der Waals surface area contributed by atoms with E-state index in [1.165, 1.54) is 54.6 Å². The van der Waals surface area contributed by atoms with Gasteiger partial charge in [0.2, 0.25) is 0 Å². The third kappa shape index (κ3) is 6.84. The van der Waals surface area contributed by atoms with Gasteiger partial charge in [0.1, 0.15) is 11.4 Å². The van der Waals surface area contributed by atoms with Crippen molar-refractivity contribution in [2.24, 2.45) is 0 Å². The van der Waals surface area contributed by atoms with Gasteiger partial charge in [0, 0.05) is 17.8 Å². The summed E-state index contributed by atoms with van der Waals surface area (Å²) < 4.78 is 24.9. The van der Waals surface area contributed by atoms with Crippen LogP contribution < -0.4 is 25.0 Å². The van der Waals surface area contributed by atoms with Crippen molar-refractivity contribution >= 4 is 69.5 Å². The molecule has 1 aliphatic rings. The Morgan fingerprint density at radius 1 is 1.12 bits per heavy atom. The first-order valence-corrected chi connectivity index (χ1v) is 13.0. The van der Waals surface area contributed by atoms with Crippen LogP contribution in [0.15, 0.2) is 66.2 Å². The van der Waals surface area contributed by atoms with Crippen molar-refractivity contribution in [1.29, 1.82) is 0 Å². The number of nitrogens with zero attached hydrogens (tertiary/aromatic N) is 2. The highest BCUT2D eigenvalue weighted by Crippen LogP contribution is 2.35. The quantitative estimate of drug-likeness (QED) is 0.111. The number of carbonyl (C=O) groups excluding carboxylic acids is 4. The summed E-state index contributed by atoms with van der Waals surface area (Å²) in [6.45, 7) is 1.56. The Morgan fingerprint density at radius 3 is 2.54 bits per heavy atom. The summed E-state index contributed by atoms with van der Waals surface area (Å²) in [6, 6.07) is 12.1. The Balaban J connectivity index is 1.59. The number of hydrogen-bond donors (Lipinski definition) is 2. The van der Waals surface area contributed by atoms with Crippen LogP contribution in [0.5, 0.6) is 11.5 Å². The minimum Gasteiger partial charge on any atom is -0.490 e. The number of urea groups is 1. The number of nitro groups is 1. The van der Waals surface area contributed by atoms with E-state index in [1.54, 1.807) is 13.0 Å². The number of rotatable bonds is 9. The zero-order valence-corrected chi connectivity index (χ0v) is 23.3. The molecule has 0 atom stereocenters. The third-order valence-corrected chi connectivity index (χ3v) is 6.32. The number of anilines is 2. The Kier molecular flexibility index (Phi) is 8.91. The molecule has 4 rings (SSSR count). The fourth-order valence-electron chi connectivity index (χ4n) is 3.75. The number of halogens is 2. The molecule has 0 aromatic heterocycles. The number of non-ortho nitro benzene ring substituents is 1. The second kappa shape index (κ2) is 12.5. The lowest BCUT2D eigenvalue weighted by Gasteiger charge is -2.26. The number of barbiturate groups is 1. The van der Waals surface area contributed by atoms with Crippen molar-refractivity contribution in [3.05, 3.63) is 91.3 Å². The smallest absolute Gasteiger partial charge is 0.335 e. The minimum atomic E-state index is -1.05. The molecule has 1 heterocycles. The summed E-state index contributed by atoms with van der Waals surface area (Å²) in [5.41, 5.74) is -0.111. The molecule has 0 bridgehead atoms. The highest BCUT2D eigenvalue weighted by molar-refractivity contribution is 14.1. The molecule has 12 nitrogen and oxygen atoms in total. The summed E-state index contributed by atoms with van der Waals surface area (Å²) in [5.74, 6) is -2.43. The van der Waals surface area contributed by atoms with Gasteiger partial charge in [0.15, 0.2) is 18.1 Å². The standard InChI is InChI=1S/C27H20FIN4O8/c1-2-40-22-12-15(11-21(29)24(22)41-14-23(34)30-17-8-6-16(28)7-9-17)10-20-25(35)31-27(37)32(26(20)36)18-4-3-5-19(13-18)33(38)39/h3-13H,2,14H2,1H3,(H,30,34)(H,31,35,37)/b20-10-. The number of hydrogen-bond acceptors (Lipinski definition) is 8. The van der Waals surface area contributed by atoms with Crippen LogP contribution in [0, 0.1) is 19.5 Å². The Bertz CT molecular complexity index is 1590. The van der Waals surface area contributed by atoms with Gasteiger partial charge in [-0.05, 0) is 83.6 Å². The number of nitro benzene ring substituents is 1. The molecule has 3 aromatic carbocycles. The maximum Gasteiger partial charge on any atom is 0.335 e. The first-order chi connectivity index (χ1) is 19.6. The summed E-state index contributed by atoms with van der Waals surface area (Å²) in [7, 11) is 0. The summed E-state index contributed by atoms with van der Waals surface area (Å²) in [4.78, 5) is 61.8. The fraction of sp³-hybridized carbons (Fsp3) is 0.111. The van der Waals surface area contributed by atoms with Gasteiger partial charge in [-0.1, -0.05) is 6.07 Å². The highest BCUT2D eigenvalue weighted by atomic mass is 127. The first kappa shape index (κ1) is 29.1. The fourth-order valence-corrected chi connectivity index (χ4v) is 4.53. The molecule has 0 spiro atoms. The molecular weight excluding hydrogens is 654 g/mol. The monoisotopic (exact) mass is 674 g/mol. The lowest BCUT2D eigenvalue weighted by molar-refractivity contribution is -0.384. The summed E-state index contributed by atoms with van der Waals surface area (Å²) in [5, 5.41) is 15.8. The number of amides is 5. The zero-order chi connectivity index (χ0) is 29.7. The van der Waals surface area contributed by atoms with Gasteiger partial charge in [0.05, 0.1) is 20.8 Å². The molecule has 1 aliphatic heterocycles. The third-order valence-electron chi connectivity index (χ3n) is 5.52. The van der Waals surface area contributed by atoms with Crippen LogP contribution in [0.3, 0.4) is 0 Å². The van der Waals surface area contributed by atoms with Crippen LogP contribution in [-0.4, -0.2) is 41.9 Å². The number of carbonyl (C=O) groups is 4. The van der Waals surface area contributed by atoms with Crippen LogP contribution in [0.1, 0.15) is 12.5 Å². The van der Waals surface area contributed by atoms with Gasteiger partial charge in [-0.2, -0.15) is 0 Å². The van der Waals surface area contributed by atoms with Gasteiger partial charge >= 0.3 is 6.03 Å². The van der Waals surface area contributed by atoms with Crippen molar-refractivity contribution in [2.75, 3.05) is 23.4 Å². The van der Waals surface area contributed by atoms with Gasteiger partial charge in [-0.3, -0.25) is 29.8 Å². The van der Waals surface area contributed by atoms with E-state index in [0.29, 0.717) is 19.7 Å². The normalized spacial score (nSPS) is 14.1. The van der Waals surface area contributed by atoms with E-state index in [0.717, 1.165) is 6.07 Å². The van der Waals surface area contributed by atoms with Crippen LogP contribution in [0.25, 0.3) is 6.08 Å². The SMILES string of the molecule is CCOc1cc(/C=C2/C(=O)NC(=O)N(c3cccc([N+](=O)[O-])c3)C2=O)cc(I)c1OCC(=O)Nc1ccc(F)cc1. The number of benzene rings is 3. The van der Waals surface area contributed by atoms with Crippen LogP contribution in [0.4, 0.5) is 26.2 Å². The summed E-state index contributed by atoms with van der Waals surface area (Å²) >= 11 is 1.93. The Hall–Kier alpha value is -4.86. The Morgan fingerprint density at radius 2 is 1.85 bits per heavy atom. The van der Waals surface area contributed by atoms with E-state index in [1.807, 2.05) is 22.6 Å². The van der Waals surface area contributed by atoms with E-state index >= 15 is 0 Å². The van der Waals surface area contributed by atoms with Crippen molar-refractivity contribution in [3.8, 4) is 11.5 Å². The number of imide groups is 2. The lowest BCUT2D eigenvalue weighted by atomic mass is 10.1. The average molecular weight is 674 g/mol. The lowest BCUT2D eigenvalue weighted by Crippen LogP contribution is -2.54. The molecule has 2 N–H and O–H groups in total. The molecule has 1 fully saturated rings. The van der Waals surface area contributed by atoms with Crippen LogP contribution in [-0.2, 0) is 14.4 Å². The molecule has 0 radical (unpaired) electrons. The van der Waals surface area contributed by atoms with E-state index in [2.05, 4.69) is 10.6 Å². The topological polar surface area (TPSA) is 157 Å². The van der Waals surface area contributed by atoms with Crippen molar-refractivity contribution in [3.63, 3.8) is 0 Å². The predicted molar refractivity (Wildman–Crippen MR) is 153 cm³/mol. The molecule has 5 amide bonds. The number of nitrogens with one attached hydrogen (secondary N) is 2. The molecule has 1 saturated heterocycles. The maximum absolute atomic E-state index is 13.2. The van der Waals surface area contributed by atoms with Crippen molar-refractivity contribution < 1.29 is 38.0 Å². The second-order valence-corrected chi connectivity index (χ2v) is 9.50. The number of ether oxygens (including phenoxy) is 2. The Labute approximate surface area is 245 Å². The molecule has 0 aliphatic carbocycles. The predicted octanol–water partition coefficient (Wildman–Crippen LogP) is 4.42. The summed E-state index contributed by atoms with van der Waals surface area (Å²) in [6.07, 6.45) is 1.24. The van der Waals surface area contributed by atoms with Gasteiger partial charge in [-0.15, -0.1) is 0 Å². The van der Waals surface area contributed by atoms with Gasteiger partial charge < -0.3 is 14.8 Å². The molecule has 210 valence electrons. The van der Waals surface area contributed by atoms with E-state index in [4.69, 9.17) is 9.47 Å². The largest absolute Gasteiger partial charge is 0.490 e. The molecule has 14 heteroatoms. The molecule has 0 unspecified atom stereocenters. The van der Waals surface area contributed by atoms with E-state index in [-0.39, 0.29) is 29.5 Å². The average Bonchev–Trinajstić information content (AvgIpc) is 2.92. The maximum atomic E-state index is 13.2. The molecule has 3 aromatic rings. The van der Waals surface area contributed by atoms with Crippen molar-refractivity contribution in [2.45, 2.75) is 6.92 Å². The van der Waals surface area contributed by atoms with Gasteiger partial charge in [0.25, 0.3) is 23.4 Å². The van der Waals surface area contributed by atoms with Crippen LogP contribution >= 0.6 is 22.6 Å². The van der Waals surface area contributed by atoms with E-state index in [9.17, 15) is 33.7 Å². The first-order valence-electron chi connectivity index (χ1n) is 11.9. The minimum absolute atomic E-state index is 0.0904. The molecular formula is C27H20FIN4O8. The van der Waals surface area contributed by atoms with Gasteiger partial charge in [-0.25, -0.2) is 14.1 Å². The second-order valence-electron chi connectivity index (χ2n) is 8.34. The zero-order valence-electron chi connectivity index (χ0n) is 21.2. The molecule has 41 heavy (non-hydrogen) atoms. The van der Waals surface area contributed by atoms with E-state index < -0.39 is 46.7 Å². The molecule has 0 saturated carbocycles. The van der Waals surface area contributed by atoms with Crippen LogP contribution in [0.2, 0.25) is 0 Å². The highest BCUT2D eigenvalue weighted by Gasteiger charge is 2.37. The van der Waals surface area contributed by atoms with Crippen molar-refractivity contribution in [1.82, 2.24) is 5.32 Å².